The second-order valence-electron chi connectivity index (χ2n) is 7.12. The van der Waals surface area contributed by atoms with Crippen LogP contribution in [-0.4, -0.2) is 46.5 Å². The molecule has 0 unspecified atom stereocenters. The average molecular weight is 390 g/mol. The third-order valence-electron chi connectivity index (χ3n) is 5.28. The molecule has 0 N–H and O–H groups in total. The minimum atomic E-state index is -0.108. The van der Waals surface area contributed by atoms with E-state index >= 15 is 0 Å². The molecular weight excluding hydrogens is 368 g/mol. The maximum Gasteiger partial charge on any atom is 0.121 e. The van der Waals surface area contributed by atoms with Crippen molar-refractivity contribution in [3.63, 3.8) is 0 Å². The van der Waals surface area contributed by atoms with Gasteiger partial charge in [0.25, 0.3) is 0 Å². The highest BCUT2D eigenvalue weighted by Gasteiger charge is 2.26. The predicted octanol–water partition coefficient (Wildman–Crippen LogP) is 3.57. The van der Waals surface area contributed by atoms with E-state index in [2.05, 4.69) is 27.3 Å². The Kier molecular flexibility index (Phi) is 4.75. The van der Waals surface area contributed by atoms with Crippen molar-refractivity contribution in [2.75, 3.05) is 26.8 Å². The molecule has 1 saturated heterocycles. The van der Waals surface area contributed by atoms with Crippen LogP contribution in [0.25, 0.3) is 16.6 Å². The fourth-order valence-corrected chi connectivity index (χ4v) is 3.73. The van der Waals surface area contributed by atoms with Crippen molar-refractivity contribution in [1.29, 1.82) is 0 Å². The number of fused-ring (bicyclic) bond motifs is 1. The molecule has 4 aromatic rings. The van der Waals surface area contributed by atoms with Crippen LogP contribution < -0.4 is 4.74 Å². The zero-order valence-electron chi connectivity index (χ0n) is 16.2. The van der Waals surface area contributed by atoms with Gasteiger partial charge in [0.2, 0.25) is 0 Å². The van der Waals surface area contributed by atoms with E-state index < -0.39 is 0 Å². The summed E-state index contributed by atoms with van der Waals surface area (Å²) in [6.45, 7) is 3.06. The molecule has 7 nitrogen and oxygen atoms in total. The van der Waals surface area contributed by atoms with E-state index in [1.165, 1.54) is 0 Å². The highest BCUT2D eigenvalue weighted by atomic mass is 16.5. The maximum atomic E-state index is 6.02. The van der Waals surface area contributed by atoms with Gasteiger partial charge >= 0.3 is 0 Å². The molecule has 0 radical (unpaired) electrons. The Morgan fingerprint density at radius 2 is 1.97 bits per heavy atom. The summed E-state index contributed by atoms with van der Waals surface area (Å²) in [6, 6.07) is 16.0. The van der Waals surface area contributed by atoms with E-state index in [1.807, 2.05) is 47.1 Å². The summed E-state index contributed by atoms with van der Waals surface area (Å²) < 4.78 is 18.6. The molecular formula is C22H22N4O3. The lowest BCUT2D eigenvalue weighted by Gasteiger charge is -2.31. The molecule has 7 heteroatoms. The van der Waals surface area contributed by atoms with Crippen LogP contribution in [0.2, 0.25) is 0 Å². The van der Waals surface area contributed by atoms with Crippen molar-refractivity contribution < 1.29 is 13.9 Å². The number of aromatic nitrogens is 3. The Morgan fingerprint density at radius 1 is 1.10 bits per heavy atom. The van der Waals surface area contributed by atoms with Gasteiger partial charge in [-0.25, -0.2) is 4.52 Å². The van der Waals surface area contributed by atoms with Crippen LogP contribution in [0.3, 0.4) is 0 Å². The molecule has 1 aliphatic rings. The lowest BCUT2D eigenvalue weighted by molar-refractivity contribution is -0.0360. The van der Waals surface area contributed by atoms with Gasteiger partial charge in [0, 0.05) is 24.8 Å². The molecule has 0 amide bonds. The first kappa shape index (κ1) is 17.9. The molecule has 1 aromatic carbocycles. The Bertz CT molecular complexity index is 1090. The molecule has 0 spiro atoms. The van der Waals surface area contributed by atoms with Crippen molar-refractivity contribution >= 4 is 5.52 Å². The van der Waals surface area contributed by atoms with Crippen LogP contribution in [0, 0.1) is 0 Å². The van der Waals surface area contributed by atoms with Crippen molar-refractivity contribution in [3.8, 4) is 16.9 Å². The first-order chi connectivity index (χ1) is 14.3. The molecule has 5 rings (SSSR count). The molecule has 4 heterocycles. The number of rotatable bonds is 5. The quantitative estimate of drug-likeness (QED) is 0.519. The Morgan fingerprint density at radius 3 is 2.76 bits per heavy atom. The van der Waals surface area contributed by atoms with Gasteiger partial charge in [-0.3, -0.25) is 4.90 Å². The maximum absolute atomic E-state index is 6.02. The number of methoxy groups -OCH3 is 1. The van der Waals surface area contributed by atoms with E-state index in [1.54, 1.807) is 13.4 Å². The Hall–Kier alpha value is -3.16. The molecule has 0 bridgehead atoms. The van der Waals surface area contributed by atoms with Crippen molar-refractivity contribution in [3.05, 3.63) is 72.4 Å². The highest BCUT2D eigenvalue weighted by Crippen LogP contribution is 2.28. The summed E-state index contributed by atoms with van der Waals surface area (Å²) >= 11 is 0. The molecule has 29 heavy (non-hydrogen) atoms. The van der Waals surface area contributed by atoms with Crippen molar-refractivity contribution in [2.24, 2.45) is 0 Å². The predicted molar refractivity (Wildman–Crippen MR) is 108 cm³/mol. The molecule has 148 valence electrons. The number of furan rings is 1. The standard InChI is InChI=1S/C22H22N4O3/c1-27-18-7-4-16(5-8-18)17-6-9-20-22(23-24-26(20)13-17)21-15-25(10-12-29-21)14-19-3-2-11-28-19/h2-9,11,13,21H,10,12,14-15H2,1H3/t21-/m1/s1. The molecule has 1 fully saturated rings. The third-order valence-corrected chi connectivity index (χ3v) is 5.28. The van der Waals surface area contributed by atoms with Crippen molar-refractivity contribution in [2.45, 2.75) is 12.6 Å². The summed E-state index contributed by atoms with van der Waals surface area (Å²) in [5.74, 6) is 1.80. The van der Waals surface area contributed by atoms with Gasteiger partial charge in [-0.05, 0) is 35.9 Å². The fourth-order valence-electron chi connectivity index (χ4n) is 3.73. The summed E-state index contributed by atoms with van der Waals surface area (Å²) in [5, 5.41) is 8.77. The number of ether oxygens (including phenoxy) is 2. The van der Waals surface area contributed by atoms with E-state index in [0.29, 0.717) is 6.61 Å². The largest absolute Gasteiger partial charge is 0.497 e. The lowest BCUT2D eigenvalue weighted by atomic mass is 10.1. The Balaban J connectivity index is 1.37. The van der Waals surface area contributed by atoms with E-state index in [9.17, 15) is 0 Å². The summed E-state index contributed by atoms with van der Waals surface area (Å²) in [4.78, 5) is 2.32. The number of morpholine rings is 1. The first-order valence-corrected chi connectivity index (χ1v) is 9.66. The minimum absolute atomic E-state index is 0.108. The fraction of sp³-hybridized carbons (Fsp3) is 0.273. The third kappa shape index (κ3) is 3.62. The smallest absolute Gasteiger partial charge is 0.121 e. The SMILES string of the molecule is COc1ccc(-c2ccc3c([C@H]4CN(Cc5ccco5)CCO4)nnn3c2)cc1. The number of hydrogen-bond donors (Lipinski definition) is 0. The summed E-state index contributed by atoms with van der Waals surface area (Å²) in [5.41, 5.74) is 4.01. The lowest BCUT2D eigenvalue weighted by Crippen LogP contribution is -2.37. The highest BCUT2D eigenvalue weighted by molar-refractivity contribution is 5.66. The zero-order chi connectivity index (χ0) is 19.6. The van der Waals surface area contributed by atoms with Crippen LogP contribution in [0.15, 0.2) is 65.4 Å². The van der Waals surface area contributed by atoms with Crippen LogP contribution in [0.4, 0.5) is 0 Å². The number of benzene rings is 1. The topological polar surface area (TPSA) is 65.0 Å². The van der Waals surface area contributed by atoms with Gasteiger partial charge in [-0.1, -0.05) is 23.4 Å². The van der Waals surface area contributed by atoms with Crippen molar-refractivity contribution in [1.82, 2.24) is 19.7 Å². The molecule has 1 atom stereocenters. The van der Waals surface area contributed by atoms with Gasteiger partial charge in [0.1, 0.15) is 23.3 Å². The second-order valence-corrected chi connectivity index (χ2v) is 7.12. The average Bonchev–Trinajstić information content (AvgIpc) is 3.43. The van der Waals surface area contributed by atoms with Crippen LogP contribution in [-0.2, 0) is 11.3 Å². The summed E-state index contributed by atoms with van der Waals surface area (Å²) in [7, 11) is 1.67. The van der Waals surface area contributed by atoms with E-state index in [0.717, 1.165) is 53.5 Å². The van der Waals surface area contributed by atoms with Crippen LogP contribution in [0.5, 0.6) is 5.75 Å². The molecule has 0 saturated carbocycles. The summed E-state index contributed by atoms with van der Waals surface area (Å²) in [6.07, 6.45) is 3.60. The zero-order valence-corrected chi connectivity index (χ0v) is 16.2. The number of nitrogens with zero attached hydrogens (tertiary/aromatic N) is 4. The van der Waals surface area contributed by atoms with Gasteiger partial charge in [-0.2, -0.15) is 0 Å². The molecule has 1 aliphatic heterocycles. The van der Waals surface area contributed by atoms with Gasteiger partial charge in [0.15, 0.2) is 0 Å². The van der Waals surface area contributed by atoms with Crippen LogP contribution in [0.1, 0.15) is 17.6 Å². The van der Waals surface area contributed by atoms with Crippen LogP contribution >= 0.6 is 0 Å². The van der Waals surface area contributed by atoms with Gasteiger partial charge in [-0.15, -0.1) is 5.10 Å². The molecule has 3 aromatic heterocycles. The van der Waals surface area contributed by atoms with Gasteiger partial charge < -0.3 is 13.9 Å². The monoisotopic (exact) mass is 390 g/mol. The molecule has 0 aliphatic carbocycles. The number of hydrogen-bond acceptors (Lipinski definition) is 6. The first-order valence-electron chi connectivity index (χ1n) is 9.66. The Labute approximate surface area is 168 Å². The van der Waals surface area contributed by atoms with E-state index in [4.69, 9.17) is 13.9 Å². The minimum Gasteiger partial charge on any atom is -0.497 e. The number of pyridine rings is 1. The normalized spacial score (nSPS) is 17.6. The van der Waals surface area contributed by atoms with E-state index in [-0.39, 0.29) is 6.10 Å². The second kappa shape index (κ2) is 7.69. The van der Waals surface area contributed by atoms with Gasteiger partial charge in [0.05, 0.1) is 32.0 Å².